The van der Waals surface area contributed by atoms with Crippen molar-refractivity contribution in [2.75, 3.05) is 11.5 Å². The summed E-state index contributed by atoms with van der Waals surface area (Å²) in [4.78, 5) is 21.0. The molecule has 0 aliphatic heterocycles. The molecule has 17 heavy (non-hydrogen) atoms. The number of nitrogens with zero attached hydrogens (tertiary/aromatic N) is 1. The van der Waals surface area contributed by atoms with Crippen molar-refractivity contribution in [3.8, 4) is 0 Å². The molecule has 0 bridgehead atoms. The van der Waals surface area contributed by atoms with Crippen LogP contribution in [0.2, 0.25) is 0 Å². The van der Waals surface area contributed by atoms with Gasteiger partial charge < -0.3 is 0 Å². The molecule has 0 saturated carbocycles. The van der Waals surface area contributed by atoms with Gasteiger partial charge in [0.1, 0.15) is 0 Å². The van der Waals surface area contributed by atoms with Crippen LogP contribution >= 0.6 is 21.6 Å². The summed E-state index contributed by atoms with van der Waals surface area (Å²) in [6, 6.07) is -1.53. The number of rotatable bonds is 10. The van der Waals surface area contributed by atoms with E-state index in [0.29, 0.717) is 24.3 Å². The van der Waals surface area contributed by atoms with Crippen molar-refractivity contribution in [2.24, 2.45) is 9.70 Å². The third-order valence-electron chi connectivity index (χ3n) is 1.80. The van der Waals surface area contributed by atoms with Crippen LogP contribution in [0.3, 0.4) is 0 Å². The van der Waals surface area contributed by atoms with Crippen LogP contribution in [0.5, 0.6) is 0 Å². The molecule has 0 aromatic rings. The minimum absolute atomic E-state index is 0.404. The molecule has 0 heterocycles. The monoisotopic (exact) mass is 346 g/mol. The molecule has 6 nitrogen and oxygen atoms in total. The van der Waals surface area contributed by atoms with Gasteiger partial charge in [-0.2, -0.15) is 0 Å². The summed E-state index contributed by atoms with van der Waals surface area (Å²) < 4.78 is 3.61. The van der Waals surface area contributed by atoms with Crippen molar-refractivity contribution < 1.29 is 19.8 Å². The number of carboxylic acid groups (broad SMARTS) is 2. The number of hydrogen-bond donors (Lipinski definition) is 3. The fourth-order valence-corrected chi connectivity index (χ4v) is 3.40. The Morgan fingerprint density at radius 3 is 2.12 bits per heavy atom. The van der Waals surface area contributed by atoms with Crippen LogP contribution in [0.1, 0.15) is 12.8 Å². The quantitative estimate of drug-likeness (QED) is 0.298. The Bertz CT molecular complexity index is 280. The van der Waals surface area contributed by atoms with Gasteiger partial charge in [0, 0.05) is 0 Å². The summed E-state index contributed by atoms with van der Waals surface area (Å²) in [5.41, 5.74) is 5.32. The van der Waals surface area contributed by atoms with Crippen LogP contribution in [0, 0.1) is 0 Å². The van der Waals surface area contributed by atoms with E-state index in [1.165, 1.54) is 21.6 Å². The molecule has 0 aromatic heterocycles. The van der Waals surface area contributed by atoms with Gasteiger partial charge in [-0.25, -0.2) is 0 Å². The number of carboxylic acids is 2. The molecule has 4 N–H and O–H groups in total. The number of nitrogens with two attached hydrogens (primary N) is 1. The fourth-order valence-electron chi connectivity index (χ4n) is 0.797. The molecule has 0 amide bonds. The van der Waals surface area contributed by atoms with Crippen LogP contribution < -0.4 is 5.73 Å². The molecule has 0 spiro atoms. The standard InChI is InChI=1S/C8H14N2O4S2Se/c9-5(7(11)12)1-3-15-16-4-2-6(10-17)8(13)14/h5-6H,1-4,9H2,(H,11,12)(H,13,14). The molecule has 0 rings (SSSR count). The summed E-state index contributed by atoms with van der Waals surface area (Å²) in [6.45, 7) is 0. The van der Waals surface area contributed by atoms with Gasteiger partial charge in [-0.15, -0.1) is 0 Å². The predicted molar refractivity (Wildman–Crippen MR) is 69.4 cm³/mol. The van der Waals surface area contributed by atoms with Crippen molar-refractivity contribution in [1.82, 2.24) is 0 Å². The molecule has 0 saturated heterocycles. The zero-order valence-electron chi connectivity index (χ0n) is 8.94. The molecular formula is C8H14N2O4S2Se. The Hall–Kier alpha value is -0.0805. The molecule has 0 aromatic carbocycles. The van der Waals surface area contributed by atoms with E-state index in [1.807, 2.05) is 0 Å². The van der Waals surface area contributed by atoms with Gasteiger partial charge in [0.05, 0.1) is 0 Å². The first kappa shape index (κ1) is 16.9. The zero-order valence-corrected chi connectivity index (χ0v) is 12.3. The van der Waals surface area contributed by atoms with Gasteiger partial charge in [0.2, 0.25) is 0 Å². The Morgan fingerprint density at radius 1 is 1.18 bits per heavy atom. The van der Waals surface area contributed by atoms with Crippen molar-refractivity contribution in [1.29, 1.82) is 0 Å². The second-order valence-electron chi connectivity index (χ2n) is 3.13. The van der Waals surface area contributed by atoms with Crippen molar-refractivity contribution in [3.63, 3.8) is 0 Å². The van der Waals surface area contributed by atoms with Gasteiger partial charge in [-0.1, -0.05) is 0 Å². The van der Waals surface area contributed by atoms with Gasteiger partial charge in [0.25, 0.3) is 0 Å². The second kappa shape index (κ2) is 9.90. The number of hydrogen-bond acceptors (Lipinski definition) is 6. The van der Waals surface area contributed by atoms with Crippen LogP contribution in [0.4, 0.5) is 0 Å². The van der Waals surface area contributed by atoms with Gasteiger partial charge in [-0.3, -0.25) is 0 Å². The predicted octanol–water partition coefficient (Wildman–Crippen LogP) is 0.365. The Morgan fingerprint density at radius 2 is 1.71 bits per heavy atom. The molecule has 9 heteroatoms. The first-order valence-corrected chi connectivity index (χ1v) is 8.02. The first-order chi connectivity index (χ1) is 7.99. The maximum absolute atomic E-state index is 10.6. The van der Waals surface area contributed by atoms with E-state index < -0.39 is 24.0 Å². The number of carbonyl (C=O) groups is 2. The molecule has 0 fully saturated rings. The topological polar surface area (TPSA) is 113 Å². The van der Waals surface area contributed by atoms with Crippen molar-refractivity contribution >= 4 is 49.3 Å². The van der Waals surface area contributed by atoms with E-state index in [4.69, 9.17) is 15.9 Å². The Labute approximate surface area is 115 Å². The third kappa shape index (κ3) is 8.62. The Kier molecular flexibility index (Phi) is 9.85. The van der Waals surface area contributed by atoms with Gasteiger partial charge in [-0.05, 0) is 0 Å². The van der Waals surface area contributed by atoms with Crippen molar-refractivity contribution in [2.45, 2.75) is 24.9 Å². The van der Waals surface area contributed by atoms with E-state index in [9.17, 15) is 9.59 Å². The normalized spacial score (nSPS) is 13.9. The molecule has 0 radical (unpaired) electrons. The SMILES string of the molecule is NC(CCSSCCC(N=[Se])C(=O)O)C(=O)O. The molecule has 0 aliphatic carbocycles. The molecule has 2 atom stereocenters. The van der Waals surface area contributed by atoms with Gasteiger partial charge in [0.15, 0.2) is 0 Å². The maximum atomic E-state index is 10.6. The van der Waals surface area contributed by atoms with E-state index in [2.05, 4.69) is 19.8 Å². The summed E-state index contributed by atoms with van der Waals surface area (Å²) >= 11 is 2.35. The average molecular weight is 345 g/mol. The van der Waals surface area contributed by atoms with Crippen LogP contribution in [-0.4, -0.2) is 61.6 Å². The van der Waals surface area contributed by atoms with E-state index in [1.54, 1.807) is 0 Å². The summed E-state index contributed by atoms with van der Waals surface area (Å²) in [7, 11) is 2.99. The zero-order chi connectivity index (χ0) is 13.3. The molecule has 2 unspecified atom stereocenters. The molecule has 98 valence electrons. The van der Waals surface area contributed by atoms with Crippen LogP contribution in [0.15, 0.2) is 3.96 Å². The van der Waals surface area contributed by atoms with Crippen LogP contribution in [-0.2, 0) is 9.59 Å². The summed E-state index contributed by atoms with van der Waals surface area (Å²) in [6.07, 6.45) is 0.853. The minimum atomic E-state index is -0.998. The summed E-state index contributed by atoms with van der Waals surface area (Å²) in [5.74, 6) is -0.662. The summed E-state index contributed by atoms with van der Waals surface area (Å²) in [5, 5.41) is 17.2. The van der Waals surface area contributed by atoms with E-state index >= 15 is 0 Å². The Balaban J connectivity index is 3.49. The van der Waals surface area contributed by atoms with E-state index in [0.717, 1.165) is 0 Å². The average Bonchev–Trinajstić information content (AvgIpc) is 2.27. The molecular weight excluding hydrogens is 331 g/mol. The van der Waals surface area contributed by atoms with Crippen LogP contribution in [0.25, 0.3) is 0 Å². The first-order valence-electron chi connectivity index (χ1n) is 4.77. The second-order valence-corrected chi connectivity index (χ2v) is 6.27. The van der Waals surface area contributed by atoms with Gasteiger partial charge >= 0.3 is 115 Å². The van der Waals surface area contributed by atoms with E-state index in [-0.39, 0.29) is 0 Å². The number of aliphatic carboxylic acids is 2. The van der Waals surface area contributed by atoms with Crippen molar-refractivity contribution in [3.05, 3.63) is 0 Å². The molecule has 0 aliphatic rings. The third-order valence-corrected chi connectivity index (χ3v) is 4.80. The fraction of sp³-hybridized carbons (Fsp3) is 0.750.